The van der Waals surface area contributed by atoms with Crippen LogP contribution in [0.4, 0.5) is 0 Å². The van der Waals surface area contributed by atoms with Crippen molar-refractivity contribution in [1.29, 1.82) is 0 Å². The molecule has 0 unspecified atom stereocenters. The Hall–Kier alpha value is -4.53. The third-order valence-electron chi connectivity index (χ3n) is 7.02. The molecule has 1 heterocycles. The van der Waals surface area contributed by atoms with E-state index in [2.05, 4.69) is 125 Å². The highest BCUT2D eigenvalue weighted by Gasteiger charge is 2.14. The second kappa shape index (κ2) is 8.85. The molecule has 2 nitrogen and oxygen atoms in total. The minimum Gasteiger partial charge on any atom is -0.217 e. The fourth-order valence-corrected chi connectivity index (χ4v) is 5.47. The summed E-state index contributed by atoms with van der Waals surface area (Å²) in [7, 11) is 0. The van der Waals surface area contributed by atoms with Gasteiger partial charge in [0.05, 0.1) is 11.2 Å². The van der Waals surface area contributed by atoms with Crippen molar-refractivity contribution in [2.24, 2.45) is 0 Å². The molecule has 0 fully saturated rings. The van der Waals surface area contributed by atoms with Gasteiger partial charge >= 0.3 is 0 Å². The van der Waals surface area contributed by atoms with Crippen LogP contribution in [-0.4, -0.2) is 9.97 Å². The summed E-state index contributed by atoms with van der Waals surface area (Å²) in [6, 6.07) is 44.7. The zero-order valence-electron chi connectivity index (χ0n) is 19.9. The highest BCUT2D eigenvalue weighted by Crippen LogP contribution is 2.38. The third kappa shape index (κ3) is 3.74. The van der Waals surface area contributed by atoms with Crippen LogP contribution in [0.2, 0.25) is 5.28 Å². The maximum atomic E-state index is 6.42. The first-order valence-electron chi connectivity index (χ1n) is 12.3. The van der Waals surface area contributed by atoms with E-state index >= 15 is 0 Å². The predicted octanol–water partition coefficient (Wildman–Crippen LogP) is 9.59. The average Bonchev–Trinajstić information content (AvgIpc) is 2.96. The number of hydrogen-bond donors (Lipinski definition) is 0. The smallest absolute Gasteiger partial charge is 0.217 e. The van der Waals surface area contributed by atoms with Crippen molar-refractivity contribution in [3.05, 3.63) is 133 Å². The van der Waals surface area contributed by atoms with Crippen LogP contribution in [0.5, 0.6) is 0 Å². The predicted molar refractivity (Wildman–Crippen MR) is 156 cm³/mol. The molecular formula is C34H21ClN2. The van der Waals surface area contributed by atoms with Gasteiger partial charge in [-0.1, -0.05) is 121 Å². The average molecular weight is 493 g/mol. The Kier molecular flexibility index (Phi) is 5.20. The molecule has 0 aliphatic carbocycles. The van der Waals surface area contributed by atoms with E-state index in [-0.39, 0.29) is 5.28 Å². The summed E-state index contributed by atoms with van der Waals surface area (Å²) in [5.74, 6) is 0. The van der Waals surface area contributed by atoms with Gasteiger partial charge in [-0.2, -0.15) is 0 Å². The highest BCUT2D eigenvalue weighted by molar-refractivity contribution is 6.29. The molecule has 0 atom stereocenters. The SMILES string of the molecule is Clc1nc(-c2ccc(-c3cccc4cccc(-c5ccccc5)c34)cc2)c2ccc3ccccc3c2n1. The highest BCUT2D eigenvalue weighted by atomic mass is 35.5. The molecule has 0 bridgehead atoms. The van der Waals surface area contributed by atoms with Gasteiger partial charge in [0.15, 0.2) is 0 Å². The van der Waals surface area contributed by atoms with E-state index in [0.717, 1.165) is 38.5 Å². The first-order valence-corrected chi connectivity index (χ1v) is 12.7. The van der Waals surface area contributed by atoms with Gasteiger partial charge in [-0.05, 0) is 56.1 Å². The van der Waals surface area contributed by atoms with Crippen molar-refractivity contribution < 1.29 is 0 Å². The monoisotopic (exact) mass is 492 g/mol. The van der Waals surface area contributed by atoms with Gasteiger partial charge in [0.1, 0.15) is 0 Å². The van der Waals surface area contributed by atoms with Crippen molar-refractivity contribution in [3.8, 4) is 33.5 Å². The molecule has 37 heavy (non-hydrogen) atoms. The van der Waals surface area contributed by atoms with Crippen molar-refractivity contribution in [1.82, 2.24) is 9.97 Å². The number of halogens is 1. The van der Waals surface area contributed by atoms with Gasteiger partial charge in [-0.3, -0.25) is 0 Å². The number of aromatic nitrogens is 2. The second-order valence-electron chi connectivity index (χ2n) is 9.18. The summed E-state index contributed by atoms with van der Waals surface area (Å²) in [4.78, 5) is 9.22. The van der Waals surface area contributed by atoms with E-state index in [1.165, 1.54) is 27.5 Å². The van der Waals surface area contributed by atoms with Crippen LogP contribution >= 0.6 is 11.6 Å². The summed E-state index contributed by atoms with van der Waals surface area (Å²) < 4.78 is 0. The molecule has 0 saturated heterocycles. The molecule has 0 aliphatic heterocycles. The molecule has 1 aromatic heterocycles. The van der Waals surface area contributed by atoms with Gasteiger partial charge in [-0.25, -0.2) is 9.97 Å². The largest absolute Gasteiger partial charge is 0.223 e. The maximum absolute atomic E-state index is 6.42. The first-order chi connectivity index (χ1) is 18.3. The molecular weight excluding hydrogens is 472 g/mol. The standard InChI is InChI=1S/C34H21ClN2/c35-34-36-32(30-21-20-23-10-4-5-13-29(23)33(30)37-34)26-18-16-24(17-19-26)28-15-7-12-25-11-6-14-27(31(25)28)22-8-2-1-3-9-22/h1-21H. The third-order valence-corrected chi connectivity index (χ3v) is 7.19. The van der Waals surface area contributed by atoms with Gasteiger partial charge in [-0.15, -0.1) is 0 Å². The number of benzene rings is 6. The molecule has 0 saturated carbocycles. The van der Waals surface area contributed by atoms with E-state index in [1.807, 2.05) is 12.1 Å². The van der Waals surface area contributed by atoms with Gasteiger partial charge < -0.3 is 0 Å². The van der Waals surface area contributed by atoms with Crippen LogP contribution < -0.4 is 0 Å². The summed E-state index contributed by atoms with van der Waals surface area (Å²) in [6.07, 6.45) is 0. The molecule has 0 spiro atoms. The lowest BCUT2D eigenvalue weighted by Gasteiger charge is -2.13. The minimum absolute atomic E-state index is 0.254. The van der Waals surface area contributed by atoms with Gasteiger partial charge in [0, 0.05) is 16.3 Å². The summed E-state index contributed by atoms with van der Waals surface area (Å²) in [5.41, 5.74) is 7.54. The Bertz CT molecular complexity index is 1920. The first kappa shape index (κ1) is 21.7. The fraction of sp³-hybridized carbons (Fsp3) is 0. The lowest BCUT2D eigenvalue weighted by Crippen LogP contribution is -1.93. The van der Waals surface area contributed by atoms with E-state index < -0.39 is 0 Å². The Labute approximate surface area is 219 Å². The van der Waals surface area contributed by atoms with E-state index in [1.54, 1.807) is 0 Å². The Morgan fingerprint density at radius 3 is 1.81 bits per heavy atom. The lowest BCUT2D eigenvalue weighted by atomic mass is 9.91. The number of nitrogens with zero attached hydrogens (tertiary/aromatic N) is 2. The summed E-state index contributed by atoms with van der Waals surface area (Å²) in [5, 5.41) is 5.94. The molecule has 0 aliphatic rings. The maximum Gasteiger partial charge on any atom is 0.223 e. The zero-order valence-corrected chi connectivity index (χ0v) is 20.7. The van der Waals surface area contributed by atoms with Crippen LogP contribution in [0, 0.1) is 0 Å². The van der Waals surface area contributed by atoms with Gasteiger partial charge in [0.25, 0.3) is 0 Å². The van der Waals surface area contributed by atoms with Crippen LogP contribution in [0.3, 0.4) is 0 Å². The zero-order chi connectivity index (χ0) is 24.8. The van der Waals surface area contributed by atoms with Crippen molar-refractivity contribution in [2.75, 3.05) is 0 Å². The van der Waals surface area contributed by atoms with Crippen LogP contribution in [-0.2, 0) is 0 Å². The molecule has 0 radical (unpaired) electrons. The number of rotatable bonds is 3. The Balaban J connectivity index is 1.39. The topological polar surface area (TPSA) is 25.8 Å². The van der Waals surface area contributed by atoms with Crippen LogP contribution in [0.1, 0.15) is 0 Å². The quantitative estimate of drug-likeness (QED) is 0.181. The van der Waals surface area contributed by atoms with Crippen molar-refractivity contribution >= 4 is 44.0 Å². The lowest BCUT2D eigenvalue weighted by molar-refractivity contribution is 1.23. The normalized spacial score (nSPS) is 11.4. The number of fused-ring (bicyclic) bond motifs is 4. The van der Waals surface area contributed by atoms with E-state index in [0.29, 0.717) is 0 Å². The van der Waals surface area contributed by atoms with Crippen molar-refractivity contribution in [3.63, 3.8) is 0 Å². The molecule has 0 N–H and O–H groups in total. The summed E-state index contributed by atoms with van der Waals surface area (Å²) in [6.45, 7) is 0. The Morgan fingerprint density at radius 1 is 0.432 bits per heavy atom. The molecule has 3 heteroatoms. The fourth-order valence-electron chi connectivity index (χ4n) is 5.30. The molecule has 174 valence electrons. The number of hydrogen-bond acceptors (Lipinski definition) is 2. The second-order valence-corrected chi connectivity index (χ2v) is 9.51. The van der Waals surface area contributed by atoms with Gasteiger partial charge in [0.2, 0.25) is 5.28 Å². The van der Waals surface area contributed by atoms with E-state index in [4.69, 9.17) is 11.6 Å². The molecule has 7 rings (SSSR count). The van der Waals surface area contributed by atoms with Crippen molar-refractivity contribution in [2.45, 2.75) is 0 Å². The molecule has 7 aromatic rings. The van der Waals surface area contributed by atoms with Crippen LogP contribution in [0.15, 0.2) is 127 Å². The molecule has 6 aromatic carbocycles. The minimum atomic E-state index is 0.254. The van der Waals surface area contributed by atoms with Crippen LogP contribution in [0.25, 0.3) is 66.0 Å². The summed E-state index contributed by atoms with van der Waals surface area (Å²) >= 11 is 6.42. The molecule has 0 amide bonds. The van der Waals surface area contributed by atoms with E-state index in [9.17, 15) is 0 Å². The Morgan fingerprint density at radius 2 is 1.05 bits per heavy atom.